The molecular formula is C14H21NO2S. The highest BCUT2D eigenvalue weighted by molar-refractivity contribution is 7.89. The maximum Gasteiger partial charge on any atom is 0.194 e. The van der Waals surface area contributed by atoms with E-state index in [-0.39, 0.29) is 11.6 Å². The highest BCUT2D eigenvalue weighted by atomic mass is 32.2. The summed E-state index contributed by atoms with van der Waals surface area (Å²) in [6, 6.07) is 5.95. The summed E-state index contributed by atoms with van der Waals surface area (Å²) < 4.78 is 23.1. The van der Waals surface area contributed by atoms with E-state index in [0.29, 0.717) is 0 Å². The van der Waals surface area contributed by atoms with Crippen LogP contribution in [0.25, 0.3) is 0 Å². The summed E-state index contributed by atoms with van der Waals surface area (Å²) in [7, 11) is -2.75. The molecule has 18 heavy (non-hydrogen) atoms. The van der Waals surface area contributed by atoms with Crippen LogP contribution in [0.5, 0.6) is 0 Å². The number of nitrogens with zero attached hydrogens (tertiary/aromatic N) is 1. The van der Waals surface area contributed by atoms with Gasteiger partial charge in [0.25, 0.3) is 0 Å². The van der Waals surface area contributed by atoms with E-state index in [9.17, 15) is 4.21 Å². The topological polar surface area (TPSA) is 38.7 Å². The third kappa shape index (κ3) is 2.75. The molecule has 0 fully saturated rings. The molecule has 4 heteroatoms. The molecule has 100 valence electrons. The molecule has 2 atom stereocenters. The van der Waals surface area contributed by atoms with Crippen LogP contribution in [-0.2, 0) is 20.6 Å². The minimum absolute atomic E-state index is 0.0575. The van der Waals surface area contributed by atoms with Gasteiger partial charge in [-0.2, -0.15) is 0 Å². The minimum atomic E-state index is -2.75. The van der Waals surface area contributed by atoms with Crippen LogP contribution < -0.4 is 0 Å². The molecule has 1 heterocycles. The lowest BCUT2D eigenvalue weighted by molar-refractivity contribution is 0.230. The molecule has 0 aromatic heterocycles. The average molecular weight is 267 g/mol. The molecule has 3 nitrogen and oxygen atoms in total. The van der Waals surface area contributed by atoms with E-state index in [1.54, 1.807) is 0 Å². The molecule has 1 aliphatic heterocycles. The molecule has 0 bridgehead atoms. The van der Waals surface area contributed by atoms with Crippen molar-refractivity contribution in [2.45, 2.75) is 57.6 Å². The number of hydrogen-bond acceptors (Lipinski definition) is 3. The monoisotopic (exact) mass is 267 g/mol. The first-order valence-electron chi connectivity index (χ1n) is 6.26. The zero-order valence-electron chi connectivity index (χ0n) is 11.7. The van der Waals surface area contributed by atoms with Crippen molar-refractivity contribution >= 4 is 10.0 Å². The summed E-state index contributed by atoms with van der Waals surface area (Å²) in [6.07, 6.45) is 0.742. The number of fused-ring (bicyclic) bond motifs is 1. The first-order chi connectivity index (χ1) is 8.20. The maximum absolute atomic E-state index is 13.0. The quantitative estimate of drug-likeness (QED) is 0.721. The van der Waals surface area contributed by atoms with Crippen molar-refractivity contribution in [1.82, 2.24) is 0 Å². The molecule has 0 amide bonds. The number of rotatable bonds is 0. The second-order valence-electron chi connectivity index (χ2n) is 5.96. The van der Waals surface area contributed by atoms with Crippen molar-refractivity contribution in [2.75, 3.05) is 0 Å². The molecule has 0 radical (unpaired) electrons. The van der Waals surface area contributed by atoms with E-state index in [2.05, 4.69) is 10.4 Å². The third-order valence-corrected chi connectivity index (χ3v) is 5.02. The highest BCUT2D eigenvalue weighted by Crippen LogP contribution is 2.31. The number of aryl methyl sites for hydroxylation is 1. The Morgan fingerprint density at radius 3 is 2.67 bits per heavy atom. The second kappa shape index (κ2) is 4.35. The van der Waals surface area contributed by atoms with Gasteiger partial charge < -0.3 is 0 Å². The standard InChI is InChI=1S/C14H21NO2S/c1-10-6-7-13-12(8-10)9-11(2)17-18(13,16)15-14(3,4)5/h6-8,11H,9H2,1-5H3/t11-,18+/m1/s1. The molecule has 0 N–H and O–H groups in total. The van der Waals surface area contributed by atoms with Crippen molar-refractivity contribution in [3.05, 3.63) is 29.3 Å². The average Bonchev–Trinajstić information content (AvgIpc) is 2.11. The summed E-state index contributed by atoms with van der Waals surface area (Å²) in [4.78, 5) is 0.751. The third-order valence-electron chi connectivity index (χ3n) is 2.69. The maximum atomic E-state index is 13.0. The molecule has 0 spiro atoms. The number of hydrogen-bond donors (Lipinski definition) is 0. The van der Waals surface area contributed by atoms with E-state index in [0.717, 1.165) is 16.9 Å². The predicted molar refractivity (Wildman–Crippen MR) is 74.0 cm³/mol. The van der Waals surface area contributed by atoms with Crippen molar-refractivity contribution in [1.29, 1.82) is 0 Å². The zero-order chi connectivity index (χ0) is 13.6. The van der Waals surface area contributed by atoms with Gasteiger partial charge in [-0.15, -0.1) is 0 Å². The van der Waals surface area contributed by atoms with Crippen LogP contribution in [0, 0.1) is 6.92 Å². The van der Waals surface area contributed by atoms with E-state index in [4.69, 9.17) is 4.18 Å². The Bertz CT molecular complexity index is 578. The van der Waals surface area contributed by atoms with Crippen LogP contribution >= 0.6 is 0 Å². The predicted octanol–water partition coefficient (Wildman–Crippen LogP) is 3.50. The molecular weight excluding hydrogens is 246 g/mol. The molecule has 2 rings (SSSR count). The Labute approximate surface area is 110 Å². The summed E-state index contributed by atoms with van der Waals surface area (Å²) in [5.74, 6) is 0. The van der Waals surface area contributed by atoms with Gasteiger partial charge in [-0.25, -0.2) is 8.57 Å². The fourth-order valence-electron chi connectivity index (χ4n) is 2.17. The lowest BCUT2D eigenvalue weighted by atomic mass is 10.1. The normalized spacial score (nSPS) is 27.7. The summed E-state index contributed by atoms with van der Waals surface area (Å²) in [5.41, 5.74) is 1.91. The van der Waals surface area contributed by atoms with Gasteiger partial charge in [-0.05, 0) is 46.2 Å². The van der Waals surface area contributed by atoms with Crippen molar-refractivity contribution in [3.63, 3.8) is 0 Å². The molecule has 1 aromatic carbocycles. The van der Waals surface area contributed by atoms with Gasteiger partial charge in [0, 0.05) is 6.42 Å². The van der Waals surface area contributed by atoms with E-state index in [1.165, 1.54) is 5.56 Å². The number of benzene rings is 1. The first kappa shape index (κ1) is 13.6. The zero-order valence-corrected chi connectivity index (χ0v) is 12.5. The van der Waals surface area contributed by atoms with Gasteiger partial charge in [0.15, 0.2) is 10.0 Å². The Kier molecular flexibility index (Phi) is 3.28. The molecule has 0 unspecified atom stereocenters. The smallest absolute Gasteiger partial charge is 0.194 e. The van der Waals surface area contributed by atoms with Gasteiger partial charge in [-0.3, -0.25) is 4.18 Å². The van der Waals surface area contributed by atoms with Crippen molar-refractivity contribution in [2.24, 2.45) is 4.36 Å². The second-order valence-corrected chi connectivity index (χ2v) is 7.72. The molecule has 0 saturated carbocycles. The SMILES string of the molecule is Cc1ccc2c(c1)C[C@@H](C)O[S@]2(=O)=NC(C)(C)C. The summed E-state index contributed by atoms with van der Waals surface area (Å²) in [5, 5.41) is 0. The lowest BCUT2D eigenvalue weighted by Gasteiger charge is -2.27. The van der Waals surface area contributed by atoms with Crippen LogP contribution in [0.2, 0.25) is 0 Å². The van der Waals surface area contributed by atoms with Gasteiger partial charge in [0.05, 0.1) is 16.5 Å². The molecule has 0 saturated heterocycles. The van der Waals surface area contributed by atoms with Gasteiger partial charge in [0.2, 0.25) is 0 Å². The van der Waals surface area contributed by atoms with E-state index < -0.39 is 10.0 Å². The van der Waals surface area contributed by atoms with Crippen LogP contribution in [-0.4, -0.2) is 15.9 Å². The van der Waals surface area contributed by atoms with E-state index >= 15 is 0 Å². The van der Waals surface area contributed by atoms with Gasteiger partial charge >= 0.3 is 0 Å². The van der Waals surface area contributed by atoms with Crippen LogP contribution in [0.4, 0.5) is 0 Å². The van der Waals surface area contributed by atoms with Crippen molar-refractivity contribution in [3.8, 4) is 0 Å². The van der Waals surface area contributed by atoms with E-state index in [1.807, 2.05) is 46.8 Å². The van der Waals surface area contributed by atoms with Crippen LogP contribution in [0.3, 0.4) is 0 Å². The fraction of sp³-hybridized carbons (Fsp3) is 0.571. The highest BCUT2D eigenvalue weighted by Gasteiger charge is 2.29. The Balaban J connectivity index is 2.66. The van der Waals surface area contributed by atoms with Gasteiger partial charge in [0.1, 0.15) is 0 Å². The summed E-state index contributed by atoms with van der Waals surface area (Å²) >= 11 is 0. The van der Waals surface area contributed by atoms with Crippen LogP contribution in [0.1, 0.15) is 38.8 Å². The Morgan fingerprint density at radius 1 is 1.39 bits per heavy atom. The van der Waals surface area contributed by atoms with Gasteiger partial charge in [-0.1, -0.05) is 17.7 Å². The Morgan fingerprint density at radius 2 is 2.06 bits per heavy atom. The summed E-state index contributed by atoms with van der Waals surface area (Å²) in [6.45, 7) is 9.81. The molecule has 0 aliphatic carbocycles. The van der Waals surface area contributed by atoms with Crippen molar-refractivity contribution < 1.29 is 8.39 Å². The fourth-order valence-corrected chi connectivity index (χ4v) is 4.36. The minimum Gasteiger partial charge on any atom is -0.278 e. The Hall–Kier alpha value is -0.870. The molecule has 1 aromatic rings. The molecule has 1 aliphatic rings. The lowest BCUT2D eigenvalue weighted by Crippen LogP contribution is -2.27. The van der Waals surface area contributed by atoms with Crippen LogP contribution in [0.15, 0.2) is 27.5 Å². The first-order valence-corrected chi connectivity index (χ1v) is 7.70. The largest absolute Gasteiger partial charge is 0.278 e.